The lowest BCUT2D eigenvalue weighted by Crippen LogP contribution is -2.31. The Morgan fingerprint density at radius 1 is 1.15 bits per heavy atom. The number of benzene rings is 1. The van der Waals surface area contributed by atoms with E-state index in [1.54, 1.807) is 46.2 Å². The van der Waals surface area contributed by atoms with E-state index in [2.05, 4.69) is 13.8 Å². The van der Waals surface area contributed by atoms with Gasteiger partial charge in [-0.3, -0.25) is 4.79 Å². The van der Waals surface area contributed by atoms with Crippen molar-refractivity contribution < 1.29 is 28.9 Å². The second kappa shape index (κ2) is 10.0. The van der Waals surface area contributed by atoms with Crippen LogP contribution in [-0.4, -0.2) is 47.5 Å². The number of pyridine rings is 1. The van der Waals surface area contributed by atoms with Gasteiger partial charge in [-0.25, -0.2) is 9.59 Å². The van der Waals surface area contributed by atoms with Crippen molar-refractivity contribution in [2.24, 2.45) is 5.92 Å². The van der Waals surface area contributed by atoms with Gasteiger partial charge < -0.3 is 23.9 Å². The molecule has 1 aromatic carbocycles. The molecule has 2 heterocycles. The zero-order chi connectivity index (χ0) is 25.2. The topological polar surface area (TPSA) is 104 Å². The SMILES string of the molecule is COCCCOc1cc2c(cc1C(=O)O)-c1cc(=O)c(C(=O)OC(C)(C)C)cn1C(C(C)C)C2. The van der Waals surface area contributed by atoms with Crippen molar-refractivity contribution in [2.75, 3.05) is 20.3 Å². The Balaban J connectivity index is 2.13. The van der Waals surface area contributed by atoms with Crippen LogP contribution in [0.2, 0.25) is 0 Å². The quantitative estimate of drug-likeness (QED) is 0.451. The average molecular weight is 472 g/mol. The van der Waals surface area contributed by atoms with Gasteiger partial charge in [-0.05, 0) is 50.8 Å². The first-order valence-electron chi connectivity index (χ1n) is 11.4. The standard InChI is InChI=1S/C26H33NO7/c1-15(2)20-10-16-11-23(33-9-7-8-32-6)18(24(29)30)12-17(16)21-13-22(28)19(14-27(20)21)25(31)34-26(3,4)5/h11-15,20H,7-10H2,1-6H3,(H,29,30). The summed E-state index contributed by atoms with van der Waals surface area (Å²) in [5.41, 5.74) is 0.905. The zero-order valence-corrected chi connectivity index (χ0v) is 20.6. The highest BCUT2D eigenvalue weighted by molar-refractivity contribution is 5.94. The smallest absolute Gasteiger partial charge is 0.344 e. The van der Waals surface area contributed by atoms with Crippen molar-refractivity contribution in [3.63, 3.8) is 0 Å². The number of methoxy groups -OCH3 is 1. The minimum atomic E-state index is -1.12. The molecule has 1 unspecified atom stereocenters. The summed E-state index contributed by atoms with van der Waals surface area (Å²) in [7, 11) is 1.60. The lowest BCUT2D eigenvalue weighted by atomic mass is 9.86. The maximum absolute atomic E-state index is 12.9. The molecule has 1 N–H and O–H groups in total. The number of carbonyl (C=O) groups excluding carboxylic acids is 1. The van der Waals surface area contributed by atoms with Crippen LogP contribution in [0.15, 0.2) is 29.2 Å². The molecule has 0 saturated carbocycles. The van der Waals surface area contributed by atoms with Gasteiger partial charge in [0, 0.05) is 44.0 Å². The van der Waals surface area contributed by atoms with Gasteiger partial charge in [-0.15, -0.1) is 0 Å². The molecule has 184 valence electrons. The van der Waals surface area contributed by atoms with E-state index in [1.165, 1.54) is 6.07 Å². The molecule has 0 aliphatic carbocycles. The van der Waals surface area contributed by atoms with E-state index >= 15 is 0 Å². The predicted molar refractivity (Wildman–Crippen MR) is 128 cm³/mol. The number of aromatic nitrogens is 1. The van der Waals surface area contributed by atoms with Gasteiger partial charge in [0.25, 0.3) is 0 Å². The van der Waals surface area contributed by atoms with Crippen molar-refractivity contribution in [1.82, 2.24) is 4.57 Å². The number of ether oxygens (including phenoxy) is 3. The highest BCUT2D eigenvalue weighted by Crippen LogP contribution is 2.40. The van der Waals surface area contributed by atoms with Crippen LogP contribution < -0.4 is 10.2 Å². The van der Waals surface area contributed by atoms with Crippen molar-refractivity contribution in [2.45, 2.75) is 59.1 Å². The van der Waals surface area contributed by atoms with Crippen molar-refractivity contribution >= 4 is 11.9 Å². The molecule has 0 fully saturated rings. The van der Waals surface area contributed by atoms with E-state index in [0.717, 1.165) is 5.56 Å². The van der Waals surface area contributed by atoms with Crippen LogP contribution in [0.5, 0.6) is 5.75 Å². The fourth-order valence-electron chi connectivity index (χ4n) is 4.11. The molecule has 1 aliphatic heterocycles. The minimum absolute atomic E-state index is 0.0226. The first-order valence-corrected chi connectivity index (χ1v) is 11.4. The number of carboxylic acid groups (broad SMARTS) is 1. The summed E-state index contributed by atoms with van der Waals surface area (Å²) >= 11 is 0. The van der Waals surface area contributed by atoms with Gasteiger partial charge in [0.1, 0.15) is 22.5 Å². The van der Waals surface area contributed by atoms with Gasteiger partial charge in [-0.1, -0.05) is 13.8 Å². The monoisotopic (exact) mass is 471 g/mol. The Morgan fingerprint density at radius 2 is 1.85 bits per heavy atom. The highest BCUT2D eigenvalue weighted by Gasteiger charge is 2.31. The summed E-state index contributed by atoms with van der Waals surface area (Å²) in [6.07, 6.45) is 2.78. The molecule has 0 radical (unpaired) electrons. The summed E-state index contributed by atoms with van der Waals surface area (Å²) in [5, 5.41) is 9.80. The number of carbonyl (C=O) groups is 2. The predicted octanol–water partition coefficient (Wildman–Crippen LogP) is 4.34. The number of rotatable bonds is 8. The molecule has 3 rings (SSSR count). The van der Waals surface area contributed by atoms with E-state index in [1.807, 2.05) is 4.57 Å². The number of esters is 1. The lowest BCUT2D eigenvalue weighted by Gasteiger charge is -2.34. The molecular weight excluding hydrogens is 438 g/mol. The van der Waals surface area contributed by atoms with Gasteiger partial charge in [0.2, 0.25) is 0 Å². The molecule has 0 bridgehead atoms. The fourth-order valence-corrected chi connectivity index (χ4v) is 4.11. The Bertz CT molecular complexity index is 1140. The van der Waals surface area contributed by atoms with Crippen LogP contribution >= 0.6 is 0 Å². The van der Waals surface area contributed by atoms with Gasteiger partial charge in [-0.2, -0.15) is 0 Å². The normalized spacial score (nSPS) is 15.0. The van der Waals surface area contributed by atoms with Gasteiger partial charge >= 0.3 is 11.9 Å². The first kappa shape index (κ1) is 25.5. The maximum Gasteiger partial charge on any atom is 0.344 e. The summed E-state index contributed by atoms with van der Waals surface area (Å²) in [6, 6.07) is 4.67. The van der Waals surface area contributed by atoms with E-state index in [-0.39, 0.29) is 23.1 Å². The van der Waals surface area contributed by atoms with Crippen LogP contribution in [-0.2, 0) is 15.9 Å². The molecule has 0 saturated heterocycles. The molecule has 1 aromatic heterocycles. The van der Waals surface area contributed by atoms with Crippen molar-refractivity contribution in [1.29, 1.82) is 0 Å². The van der Waals surface area contributed by atoms with Crippen LogP contribution in [0.1, 0.15) is 73.4 Å². The van der Waals surface area contributed by atoms with Crippen molar-refractivity contribution in [3.05, 3.63) is 51.3 Å². The molecule has 8 nitrogen and oxygen atoms in total. The molecule has 34 heavy (non-hydrogen) atoms. The zero-order valence-electron chi connectivity index (χ0n) is 20.6. The Morgan fingerprint density at radius 3 is 2.44 bits per heavy atom. The largest absolute Gasteiger partial charge is 0.493 e. The Kier molecular flexibility index (Phi) is 7.51. The third kappa shape index (κ3) is 5.50. The number of carboxylic acids is 1. The number of hydrogen-bond acceptors (Lipinski definition) is 6. The van der Waals surface area contributed by atoms with Crippen LogP contribution in [0, 0.1) is 5.92 Å². The molecule has 2 aromatic rings. The maximum atomic E-state index is 12.9. The van der Waals surface area contributed by atoms with E-state index in [4.69, 9.17) is 14.2 Å². The number of fused-ring (bicyclic) bond motifs is 3. The van der Waals surface area contributed by atoms with Crippen molar-refractivity contribution in [3.8, 4) is 17.0 Å². The van der Waals surface area contributed by atoms with E-state index in [0.29, 0.717) is 43.1 Å². The molecule has 0 spiro atoms. The second-order valence-electron chi connectivity index (χ2n) is 9.87. The molecular formula is C26H33NO7. The summed E-state index contributed by atoms with van der Waals surface area (Å²) in [4.78, 5) is 37.6. The van der Waals surface area contributed by atoms with Gasteiger partial charge in [0.05, 0.1) is 12.3 Å². The first-order chi connectivity index (χ1) is 15.9. The second-order valence-corrected chi connectivity index (χ2v) is 9.87. The summed E-state index contributed by atoms with van der Waals surface area (Å²) < 4.78 is 18.1. The van der Waals surface area contributed by atoms with Gasteiger partial charge in [0.15, 0.2) is 5.43 Å². The Labute approximate surface area is 199 Å². The molecule has 8 heteroatoms. The highest BCUT2D eigenvalue weighted by atomic mass is 16.6. The summed E-state index contributed by atoms with van der Waals surface area (Å²) in [6.45, 7) is 10.2. The minimum Gasteiger partial charge on any atom is -0.493 e. The number of hydrogen-bond donors (Lipinski definition) is 1. The third-order valence-corrected chi connectivity index (χ3v) is 5.72. The van der Waals surface area contributed by atoms with E-state index < -0.39 is 23.0 Å². The fraction of sp³-hybridized carbons (Fsp3) is 0.500. The van der Waals surface area contributed by atoms with Crippen LogP contribution in [0.3, 0.4) is 0 Å². The molecule has 0 amide bonds. The molecule has 1 aliphatic rings. The lowest BCUT2D eigenvalue weighted by molar-refractivity contribution is 0.00666. The summed E-state index contributed by atoms with van der Waals surface area (Å²) in [5.74, 6) is -1.31. The molecule has 1 atom stereocenters. The third-order valence-electron chi connectivity index (χ3n) is 5.72. The number of aromatic carboxylic acids is 1. The van der Waals surface area contributed by atoms with E-state index in [9.17, 15) is 19.5 Å². The number of nitrogens with zero attached hydrogens (tertiary/aromatic N) is 1. The Hall–Kier alpha value is -3.13. The average Bonchev–Trinajstić information content (AvgIpc) is 2.73. The van der Waals surface area contributed by atoms with Crippen LogP contribution in [0.4, 0.5) is 0 Å². The van der Waals surface area contributed by atoms with Crippen LogP contribution in [0.25, 0.3) is 11.3 Å².